The van der Waals surface area contributed by atoms with Crippen LogP contribution in [0.25, 0.3) is 0 Å². The molecule has 0 rings (SSSR count). The molecule has 0 aromatic heterocycles. The number of carbonyl (C=O) groups excluding carboxylic acids is 1. The predicted molar refractivity (Wildman–Crippen MR) is 49.8 cm³/mol. The van der Waals surface area contributed by atoms with Crippen molar-refractivity contribution in [3.8, 4) is 0 Å². The number of ether oxygens (including phenoxy) is 1. The SMILES string of the molecule is CSC(=[NH2+])NC(=O)OC(C)(C)C. The molecule has 0 bridgehead atoms. The maximum atomic E-state index is 11.0. The van der Waals surface area contributed by atoms with E-state index in [4.69, 9.17) is 10.1 Å². The van der Waals surface area contributed by atoms with Gasteiger partial charge in [-0.05, 0) is 38.8 Å². The summed E-state index contributed by atoms with van der Waals surface area (Å²) in [5.41, 5.74) is -0.483. The second-order valence-electron chi connectivity index (χ2n) is 3.20. The van der Waals surface area contributed by atoms with E-state index in [2.05, 4.69) is 5.32 Å². The molecule has 0 heterocycles. The average Bonchev–Trinajstić information content (AvgIpc) is 1.82. The Morgan fingerprint density at radius 3 is 2.33 bits per heavy atom. The number of thioether (sulfide) groups is 1. The van der Waals surface area contributed by atoms with E-state index in [0.29, 0.717) is 5.17 Å². The van der Waals surface area contributed by atoms with Crippen LogP contribution in [0.4, 0.5) is 4.79 Å². The van der Waals surface area contributed by atoms with Gasteiger partial charge in [0, 0.05) is 0 Å². The summed E-state index contributed by atoms with van der Waals surface area (Å²) in [7, 11) is 0. The summed E-state index contributed by atoms with van der Waals surface area (Å²) in [6, 6.07) is 0. The lowest BCUT2D eigenvalue weighted by atomic mass is 10.2. The summed E-state index contributed by atoms with van der Waals surface area (Å²) in [4.78, 5) is 11.0. The third kappa shape index (κ3) is 6.03. The van der Waals surface area contributed by atoms with Crippen molar-refractivity contribution in [3.63, 3.8) is 0 Å². The minimum Gasteiger partial charge on any atom is -0.426 e. The molecule has 0 unspecified atom stereocenters. The Morgan fingerprint density at radius 1 is 1.50 bits per heavy atom. The van der Waals surface area contributed by atoms with Crippen LogP contribution < -0.4 is 10.7 Å². The summed E-state index contributed by atoms with van der Waals surface area (Å²) >= 11 is 1.26. The maximum absolute atomic E-state index is 11.0. The van der Waals surface area contributed by atoms with E-state index in [0.717, 1.165) is 0 Å². The molecule has 0 spiro atoms. The Hall–Kier alpha value is -0.710. The van der Waals surface area contributed by atoms with Crippen molar-refractivity contribution in [1.29, 1.82) is 0 Å². The van der Waals surface area contributed by atoms with E-state index in [1.165, 1.54) is 11.8 Å². The van der Waals surface area contributed by atoms with Crippen LogP contribution in [0.3, 0.4) is 0 Å². The van der Waals surface area contributed by atoms with Gasteiger partial charge in [0.15, 0.2) is 0 Å². The molecule has 0 radical (unpaired) electrons. The molecule has 0 saturated heterocycles. The predicted octanol–water partition coefficient (Wildman–Crippen LogP) is -0.0108. The number of hydrogen-bond acceptors (Lipinski definition) is 3. The van der Waals surface area contributed by atoms with Crippen molar-refractivity contribution in [2.24, 2.45) is 0 Å². The summed E-state index contributed by atoms with van der Waals surface area (Å²) in [5, 5.41) is 8.08. The Bertz CT molecular complexity index is 186. The zero-order valence-corrected chi connectivity index (χ0v) is 8.62. The third-order valence-corrected chi connectivity index (χ3v) is 1.39. The van der Waals surface area contributed by atoms with Crippen molar-refractivity contribution >= 4 is 23.0 Å². The monoisotopic (exact) mass is 191 g/mol. The van der Waals surface area contributed by atoms with Gasteiger partial charge >= 0.3 is 11.3 Å². The highest BCUT2D eigenvalue weighted by atomic mass is 32.2. The van der Waals surface area contributed by atoms with Crippen LogP contribution in [0.2, 0.25) is 0 Å². The van der Waals surface area contributed by atoms with Crippen molar-refractivity contribution < 1.29 is 14.9 Å². The minimum atomic E-state index is -0.519. The van der Waals surface area contributed by atoms with E-state index in [9.17, 15) is 4.79 Å². The fraction of sp³-hybridized carbons (Fsp3) is 0.714. The molecule has 1 amide bonds. The molecule has 0 aromatic rings. The lowest BCUT2D eigenvalue weighted by molar-refractivity contribution is -0.112. The lowest BCUT2D eigenvalue weighted by Gasteiger charge is -2.16. The quantitative estimate of drug-likeness (QED) is 0.418. The molecule has 0 saturated carbocycles. The molecule has 3 N–H and O–H groups in total. The number of nitrogens with two attached hydrogens (primary N) is 1. The second-order valence-corrected chi connectivity index (χ2v) is 4.04. The molecular formula is C7H15N2O2S+. The van der Waals surface area contributed by atoms with E-state index >= 15 is 0 Å². The number of carbonyl (C=O) groups is 1. The average molecular weight is 191 g/mol. The molecule has 4 nitrogen and oxygen atoms in total. The Balaban J connectivity index is 3.83. The topological polar surface area (TPSA) is 63.9 Å². The highest BCUT2D eigenvalue weighted by Crippen LogP contribution is 2.06. The molecule has 0 aliphatic heterocycles. The first-order valence-electron chi connectivity index (χ1n) is 3.51. The molecule has 0 aliphatic rings. The first-order valence-corrected chi connectivity index (χ1v) is 4.74. The van der Waals surface area contributed by atoms with E-state index < -0.39 is 11.7 Å². The largest absolute Gasteiger partial charge is 0.505 e. The lowest BCUT2D eigenvalue weighted by Crippen LogP contribution is -2.49. The van der Waals surface area contributed by atoms with Gasteiger partial charge in [0.2, 0.25) is 0 Å². The zero-order chi connectivity index (χ0) is 9.78. The van der Waals surface area contributed by atoms with Crippen LogP contribution in [0.15, 0.2) is 0 Å². The van der Waals surface area contributed by atoms with Gasteiger partial charge in [0.1, 0.15) is 5.60 Å². The summed E-state index contributed by atoms with van der Waals surface area (Å²) in [5.74, 6) is 0. The van der Waals surface area contributed by atoms with Crippen LogP contribution in [-0.2, 0) is 4.74 Å². The van der Waals surface area contributed by atoms with Gasteiger partial charge in [-0.3, -0.25) is 5.41 Å². The Morgan fingerprint density at radius 2 is 2.00 bits per heavy atom. The van der Waals surface area contributed by atoms with Crippen LogP contribution >= 0.6 is 11.8 Å². The Labute approximate surface area is 76.6 Å². The highest BCUT2D eigenvalue weighted by molar-refractivity contribution is 8.13. The molecular weight excluding hydrogens is 176 g/mol. The van der Waals surface area contributed by atoms with Gasteiger partial charge in [-0.1, -0.05) is 0 Å². The molecule has 5 heteroatoms. The van der Waals surface area contributed by atoms with Crippen molar-refractivity contribution in [1.82, 2.24) is 5.32 Å². The van der Waals surface area contributed by atoms with Gasteiger partial charge in [-0.15, -0.1) is 0 Å². The third-order valence-electron chi connectivity index (χ3n) is 0.844. The van der Waals surface area contributed by atoms with Crippen LogP contribution in [0, 0.1) is 0 Å². The Kier molecular flexibility index (Phi) is 4.09. The van der Waals surface area contributed by atoms with Gasteiger partial charge in [0.05, 0.1) is 0 Å². The number of amidine groups is 1. The van der Waals surface area contributed by atoms with Crippen molar-refractivity contribution in [3.05, 3.63) is 0 Å². The minimum absolute atomic E-state index is 0.337. The number of hydrogen-bond donors (Lipinski definition) is 2. The van der Waals surface area contributed by atoms with Crippen molar-refractivity contribution in [2.75, 3.05) is 6.26 Å². The van der Waals surface area contributed by atoms with E-state index in [1.807, 2.05) is 0 Å². The normalized spacial score (nSPS) is 10.7. The van der Waals surface area contributed by atoms with Crippen LogP contribution in [0.5, 0.6) is 0 Å². The van der Waals surface area contributed by atoms with Crippen LogP contribution in [0.1, 0.15) is 20.8 Å². The first kappa shape index (κ1) is 11.3. The van der Waals surface area contributed by atoms with Gasteiger partial charge in [-0.25, -0.2) is 0 Å². The zero-order valence-electron chi connectivity index (χ0n) is 7.80. The summed E-state index contributed by atoms with van der Waals surface area (Å²) in [6.45, 7) is 5.38. The van der Waals surface area contributed by atoms with E-state index in [1.54, 1.807) is 27.0 Å². The molecule has 0 atom stereocenters. The van der Waals surface area contributed by atoms with Gasteiger partial charge < -0.3 is 4.74 Å². The van der Waals surface area contributed by atoms with Gasteiger partial charge in [-0.2, -0.15) is 10.1 Å². The molecule has 70 valence electrons. The summed E-state index contributed by atoms with van der Waals surface area (Å²) in [6.07, 6.45) is 1.25. The first-order chi connectivity index (χ1) is 5.35. The molecule has 0 fully saturated rings. The fourth-order valence-corrected chi connectivity index (χ4v) is 0.641. The maximum Gasteiger partial charge on any atom is 0.505 e. The number of amides is 1. The molecule has 12 heavy (non-hydrogen) atoms. The smallest absolute Gasteiger partial charge is 0.426 e. The standard InChI is InChI=1S/C7H14N2O2S/c1-7(2,3)11-6(10)9-5(8)12-4/h1-4H3,(H2,8,9,10)/p+1. The van der Waals surface area contributed by atoms with E-state index in [-0.39, 0.29) is 0 Å². The molecule has 0 aromatic carbocycles. The van der Waals surface area contributed by atoms with Gasteiger partial charge in [0.25, 0.3) is 0 Å². The number of alkyl carbamates (subject to hydrolysis) is 1. The van der Waals surface area contributed by atoms with Crippen molar-refractivity contribution in [2.45, 2.75) is 26.4 Å². The fourth-order valence-electron chi connectivity index (χ4n) is 0.455. The highest BCUT2D eigenvalue weighted by Gasteiger charge is 2.20. The molecule has 0 aliphatic carbocycles. The number of rotatable bonds is 0. The van der Waals surface area contributed by atoms with Crippen LogP contribution in [-0.4, -0.2) is 23.1 Å². The second kappa shape index (κ2) is 4.35. The number of nitrogens with one attached hydrogen (secondary N) is 1. The summed E-state index contributed by atoms with van der Waals surface area (Å²) < 4.78 is 4.95.